The first-order chi connectivity index (χ1) is 14.5. The van der Waals surface area contributed by atoms with Crippen molar-refractivity contribution in [2.45, 2.75) is 31.2 Å². The predicted octanol–water partition coefficient (Wildman–Crippen LogP) is 4.35. The second-order valence-corrected chi connectivity index (χ2v) is 8.81. The van der Waals surface area contributed by atoms with Crippen molar-refractivity contribution < 1.29 is 13.2 Å². The maximum absolute atomic E-state index is 13.1. The third-order valence-corrected chi connectivity index (χ3v) is 6.66. The van der Waals surface area contributed by atoms with Crippen molar-refractivity contribution in [1.82, 2.24) is 4.98 Å². The fourth-order valence-electron chi connectivity index (χ4n) is 3.34. The Kier molecular flexibility index (Phi) is 6.95. The van der Waals surface area contributed by atoms with Crippen LogP contribution < -0.4 is 14.4 Å². The lowest BCUT2D eigenvalue weighted by Gasteiger charge is -2.23. The summed E-state index contributed by atoms with van der Waals surface area (Å²) in [5, 5.41) is 3.32. The maximum Gasteiger partial charge on any atom is 0.265 e. The molecule has 0 aliphatic heterocycles. The van der Waals surface area contributed by atoms with Gasteiger partial charge in [0.25, 0.3) is 10.0 Å². The first kappa shape index (κ1) is 21.6. The van der Waals surface area contributed by atoms with Crippen LogP contribution in [0.5, 0.6) is 5.75 Å². The van der Waals surface area contributed by atoms with Gasteiger partial charge in [-0.3, -0.25) is 4.31 Å². The molecule has 0 spiro atoms. The highest BCUT2D eigenvalue weighted by Crippen LogP contribution is 2.24. The third kappa shape index (κ3) is 4.91. The molecule has 1 N–H and O–H groups in total. The van der Waals surface area contributed by atoms with Gasteiger partial charge in [0.05, 0.1) is 12.8 Å². The first-order valence-electron chi connectivity index (χ1n) is 9.88. The molecule has 6 nitrogen and oxygen atoms in total. The van der Waals surface area contributed by atoms with Crippen LogP contribution in [0, 0.1) is 0 Å². The Hall–Kier alpha value is -3.06. The molecule has 0 saturated carbocycles. The zero-order chi connectivity index (χ0) is 21.6. The largest absolute Gasteiger partial charge is 0.496 e. The molecule has 30 heavy (non-hydrogen) atoms. The lowest BCUT2D eigenvalue weighted by atomic mass is 10.1. The second-order valence-electron chi connectivity index (χ2n) is 6.95. The van der Waals surface area contributed by atoms with E-state index in [9.17, 15) is 8.42 Å². The zero-order valence-corrected chi connectivity index (χ0v) is 18.3. The standard InChI is InChI=1S/C23H27N3O3S/c1-4-26(20-11-6-5-7-12-20)30(27,28)21-14-15-23(24-17-21)25-18(2)16-19-10-8-9-13-22(19)29-3/h5-15,17-18H,4,16H2,1-3H3,(H,24,25)/t18-/m0/s1. The Morgan fingerprint density at radius 3 is 2.37 bits per heavy atom. The van der Waals surface area contributed by atoms with Crippen molar-refractivity contribution in [2.24, 2.45) is 0 Å². The number of ether oxygens (including phenoxy) is 1. The van der Waals surface area contributed by atoms with Gasteiger partial charge < -0.3 is 10.1 Å². The van der Waals surface area contributed by atoms with Crippen LogP contribution in [0.1, 0.15) is 19.4 Å². The Morgan fingerprint density at radius 2 is 1.73 bits per heavy atom. The Balaban J connectivity index is 1.72. The van der Waals surface area contributed by atoms with E-state index < -0.39 is 10.0 Å². The van der Waals surface area contributed by atoms with E-state index in [1.165, 1.54) is 10.5 Å². The summed E-state index contributed by atoms with van der Waals surface area (Å²) in [4.78, 5) is 4.49. The quantitative estimate of drug-likeness (QED) is 0.552. The van der Waals surface area contributed by atoms with Crippen LogP contribution in [-0.4, -0.2) is 33.1 Å². The van der Waals surface area contributed by atoms with Gasteiger partial charge in [-0.15, -0.1) is 0 Å². The average molecular weight is 426 g/mol. The lowest BCUT2D eigenvalue weighted by Crippen LogP contribution is -2.30. The van der Waals surface area contributed by atoms with Gasteiger partial charge >= 0.3 is 0 Å². The van der Waals surface area contributed by atoms with Crippen molar-refractivity contribution in [1.29, 1.82) is 0 Å². The molecule has 1 atom stereocenters. The third-order valence-electron chi connectivity index (χ3n) is 4.77. The van der Waals surface area contributed by atoms with Crippen LogP contribution in [0.2, 0.25) is 0 Å². The van der Waals surface area contributed by atoms with E-state index in [-0.39, 0.29) is 10.9 Å². The van der Waals surface area contributed by atoms with E-state index in [1.54, 1.807) is 31.4 Å². The number of aromatic nitrogens is 1. The van der Waals surface area contributed by atoms with E-state index in [0.717, 1.165) is 17.7 Å². The molecule has 3 aromatic rings. The number of pyridine rings is 1. The van der Waals surface area contributed by atoms with Crippen molar-refractivity contribution in [3.8, 4) is 5.75 Å². The molecular formula is C23H27N3O3S. The molecule has 0 aliphatic rings. The number of rotatable bonds is 9. The summed E-state index contributed by atoms with van der Waals surface area (Å²) in [6, 6.07) is 20.3. The smallest absolute Gasteiger partial charge is 0.265 e. The van der Waals surface area contributed by atoms with Gasteiger partial charge in [0.2, 0.25) is 0 Å². The van der Waals surface area contributed by atoms with Crippen molar-refractivity contribution in [3.63, 3.8) is 0 Å². The molecule has 3 rings (SSSR count). The van der Waals surface area contributed by atoms with E-state index in [1.807, 2.05) is 56.3 Å². The van der Waals surface area contributed by atoms with Gasteiger partial charge in [-0.1, -0.05) is 36.4 Å². The van der Waals surface area contributed by atoms with Crippen LogP contribution in [0.25, 0.3) is 0 Å². The van der Waals surface area contributed by atoms with Gasteiger partial charge in [0.15, 0.2) is 0 Å². The number of nitrogens with zero attached hydrogens (tertiary/aromatic N) is 2. The fourth-order valence-corrected chi connectivity index (χ4v) is 4.76. The van der Waals surface area contributed by atoms with Gasteiger partial charge in [0, 0.05) is 18.8 Å². The summed E-state index contributed by atoms with van der Waals surface area (Å²) in [5.74, 6) is 1.47. The fraction of sp³-hybridized carbons (Fsp3) is 0.261. The molecule has 0 amide bonds. The van der Waals surface area contributed by atoms with E-state index in [2.05, 4.69) is 10.3 Å². The van der Waals surface area contributed by atoms with Gasteiger partial charge in [-0.25, -0.2) is 13.4 Å². The normalized spacial score (nSPS) is 12.2. The number of para-hydroxylation sites is 2. The molecule has 7 heteroatoms. The highest BCUT2D eigenvalue weighted by Gasteiger charge is 2.24. The molecule has 0 fully saturated rings. The SMILES string of the molecule is CCN(c1ccccc1)S(=O)(=O)c1ccc(N[C@@H](C)Cc2ccccc2OC)nc1. The maximum atomic E-state index is 13.1. The van der Waals surface area contributed by atoms with Crippen molar-refractivity contribution in [3.05, 3.63) is 78.5 Å². The van der Waals surface area contributed by atoms with Crippen molar-refractivity contribution >= 4 is 21.5 Å². The minimum atomic E-state index is -3.68. The molecule has 2 aromatic carbocycles. The van der Waals surface area contributed by atoms with Gasteiger partial charge in [0.1, 0.15) is 16.5 Å². The molecule has 0 saturated heterocycles. The van der Waals surface area contributed by atoms with Crippen LogP contribution >= 0.6 is 0 Å². The zero-order valence-electron chi connectivity index (χ0n) is 17.4. The molecule has 0 radical (unpaired) electrons. The Bertz CT molecular complexity index is 1050. The summed E-state index contributed by atoms with van der Waals surface area (Å²) in [7, 11) is -2.02. The predicted molar refractivity (Wildman–Crippen MR) is 121 cm³/mol. The van der Waals surface area contributed by atoms with Crippen LogP contribution in [0.4, 0.5) is 11.5 Å². The van der Waals surface area contributed by atoms with E-state index in [4.69, 9.17) is 4.74 Å². The number of anilines is 2. The van der Waals surface area contributed by atoms with E-state index in [0.29, 0.717) is 18.1 Å². The summed E-state index contributed by atoms with van der Waals surface area (Å²) >= 11 is 0. The molecule has 0 unspecified atom stereocenters. The first-order valence-corrected chi connectivity index (χ1v) is 11.3. The van der Waals surface area contributed by atoms with Crippen LogP contribution in [0.15, 0.2) is 77.8 Å². The highest BCUT2D eigenvalue weighted by atomic mass is 32.2. The highest BCUT2D eigenvalue weighted by molar-refractivity contribution is 7.92. The average Bonchev–Trinajstić information content (AvgIpc) is 2.75. The van der Waals surface area contributed by atoms with Crippen molar-refractivity contribution in [2.75, 3.05) is 23.3 Å². The number of methoxy groups -OCH3 is 1. The Labute approximate surface area is 178 Å². The molecule has 0 bridgehead atoms. The summed E-state index contributed by atoms with van der Waals surface area (Å²) in [5.41, 5.74) is 1.73. The van der Waals surface area contributed by atoms with Gasteiger partial charge in [-0.2, -0.15) is 0 Å². The topological polar surface area (TPSA) is 71.5 Å². The molecule has 0 aliphatic carbocycles. The van der Waals surface area contributed by atoms with Gasteiger partial charge in [-0.05, 0) is 56.2 Å². The lowest BCUT2D eigenvalue weighted by molar-refractivity contribution is 0.409. The number of sulfonamides is 1. The molecule has 1 aromatic heterocycles. The number of hydrogen-bond donors (Lipinski definition) is 1. The summed E-state index contributed by atoms with van der Waals surface area (Å²) in [6.45, 7) is 4.20. The summed E-state index contributed by atoms with van der Waals surface area (Å²) < 4.78 is 32.9. The number of hydrogen-bond acceptors (Lipinski definition) is 5. The second kappa shape index (κ2) is 9.63. The summed E-state index contributed by atoms with van der Waals surface area (Å²) in [6.07, 6.45) is 2.16. The minimum absolute atomic E-state index is 0.0905. The molecular weight excluding hydrogens is 398 g/mol. The minimum Gasteiger partial charge on any atom is -0.496 e. The Morgan fingerprint density at radius 1 is 1.03 bits per heavy atom. The molecule has 158 valence electrons. The van der Waals surface area contributed by atoms with Crippen LogP contribution in [-0.2, 0) is 16.4 Å². The number of benzene rings is 2. The molecule has 1 heterocycles. The van der Waals surface area contributed by atoms with Crippen LogP contribution in [0.3, 0.4) is 0 Å². The monoisotopic (exact) mass is 425 g/mol. The number of nitrogens with one attached hydrogen (secondary N) is 1. The van der Waals surface area contributed by atoms with E-state index >= 15 is 0 Å².